The number of aryl methyl sites for hydroxylation is 1. The van der Waals surface area contributed by atoms with Crippen LogP contribution in [-0.2, 0) is 12.7 Å². The Morgan fingerprint density at radius 3 is 2.46 bits per heavy atom. The average molecular weight is 366 g/mol. The first-order valence-corrected chi connectivity index (χ1v) is 8.48. The molecule has 0 spiro atoms. The van der Waals surface area contributed by atoms with E-state index < -0.39 is 11.7 Å². The maximum absolute atomic E-state index is 13.0. The van der Waals surface area contributed by atoms with Gasteiger partial charge in [-0.1, -0.05) is 6.07 Å². The van der Waals surface area contributed by atoms with E-state index in [9.17, 15) is 13.2 Å². The van der Waals surface area contributed by atoms with Gasteiger partial charge in [-0.3, -0.25) is 4.90 Å². The van der Waals surface area contributed by atoms with E-state index >= 15 is 0 Å². The second-order valence-electron chi connectivity index (χ2n) is 6.40. The van der Waals surface area contributed by atoms with Crippen LogP contribution < -0.4 is 9.47 Å². The van der Waals surface area contributed by atoms with Crippen LogP contribution in [0, 0.1) is 6.92 Å². The van der Waals surface area contributed by atoms with Crippen molar-refractivity contribution in [3.8, 4) is 17.4 Å². The Morgan fingerprint density at radius 1 is 1.08 bits per heavy atom. The van der Waals surface area contributed by atoms with Crippen LogP contribution in [0.4, 0.5) is 13.2 Å². The van der Waals surface area contributed by atoms with Gasteiger partial charge in [0.05, 0.1) is 12.7 Å². The first kappa shape index (κ1) is 18.5. The monoisotopic (exact) mass is 366 g/mol. The number of alkyl halides is 3. The Kier molecular flexibility index (Phi) is 5.36. The molecule has 0 N–H and O–H groups in total. The van der Waals surface area contributed by atoms with Gasteiger partial charge < -0.3 is 9.47 Å². The lowest BCUT2D eigenvalue weighted by atomic mass is 10.2. The Bertz CT molecular complexity index is 772. The summed E-state index contributed by atoms with van der Waals surface area (Å²) in [6.45, 7) is 4.38. The maximum Gasteiger partial charge on any atom is 0.416 e. The number of halogens is 3. The number of hydrogen-bond acceptors (Lipinski definition) is 4. The molecule has 3 rings (SSSR count). The molecule has 4 nitrogen and oxygen atoms in total. The molecule has 140 valence electrons. The maximum atomic E-state index is 13.0. The second kappa shape index (κ2) is 7.53. The third-order valence-corrected chi connectivity index (χ3v) is 4.30. The quantitative estimate of drug-likeness (QED) is 0.761. The molecule has 26 heavy (non-hydrogen) atoms. The normalized spacial score (nSPS) is 15.3. The number of hydrogen-bond donors (Lipinski definition) is 0. The van der Waals surface area contributed by atoms with Crippen molar-refractivity contribution in [1.29, 1.82) is 0 Å². The fourth-order valence-corrected chi connectivity index (χ4v) is 3.06. The standard InChI is InChI=1S/C19H21F3N2O2/c1-13-9-15(19(20,21)22)11-18(23-13)26-17-10-14(5-6-16(17)25-2)12-24-7-3-4-8-24/h5-6,9-11H,3-4,7-8,12H2,1-2H3. The molecule has 0 amide bonds. The summed E-state index contributed by atoms with van der Waals surface area (Å²) in [4.78, 5) is 6.39. The minimum Gasteiger partial charge on any atom is -0.493 e. The van der Waals surface area contributed by atoms with Crippen LogP contribution in [0.2, 0.25) is 0 Å². The van der Waals surface area contributed by atoms with Crippen molar-refractivity contribution in [2.24, 2.45) is 0 Å². The summed E-state index contributed by atoms with van der Waals surface area (Å²) in [5.41, 5.74) is 0.473. The number of pyridine rings is 1. The molecule has 0 bridgehead atoms. The lowest BCUT2D eigenvalue weighted by Crippen LogP contribution is -2.18. The fourth-order valence-electron chi connectivity index (χ4n) is 3.06. The Hall–Kier alpha value is -2.28. The minimum absolute atomic E-state index is 0.103. The largest absolute Gasteiger partial charge is 0.493 e. The van der Waals surface area contributed by atoms with Crippen LogP contribution in [0.1, 0.15) is 29.7 Å². The molecule has 1 aliphatic rings. The van der Waals surface area contributed by atoms with Gasteiger partial charge in [-0.05, 0) is 56.6 Å². The highest BCUT2D eigenvalue weighted by atomic mass is 19.4. The van der Waals surface area contributed by atoms with Crippen LogP contribution in [0.3, 0.4) is 0 Å². The van der Waals surface area contributed by atoms with Crippen molar-refractivity contribution >= 4 is 0 Å². The van der Waals surface area contributed by atoms with E-state index in [1.807, 2.05) is 6.07 Å². The topological polar surface area (TPSA) is 34.6 Å². The lowest BCUT2D eigenvalue weighted by Gasteiger charge is -2.17. The number of ether oxygens (including phenoxy) is 2. The number of benzene rings is 1. The molecule has 2 aromatic rings. The summed E-state index contributed by atoms with van der Waals surface area (Å²) in [6, 6.07) is 7.40. The van der Waals surface area contributed by atoms with Crippen LogP contribution in [0.15, 0.2) is 30.3 Å². The van der Waals surface area contributed by atoms with E-state index in [1.165, 1.54) is 26.9 Å². The molecular weight excluding hydrogens is 345 g/mol. The summed E-state index contributed by atoms with van der Waals surface area (Å²) in [5.74, 6) is 0.705. The molecule has 0 saturated carbocycles. The molecule has 0 unspecified atom stereocenters. The number of nitrogens with zero attached hydrogens (tertiary/aromatic N) is 2. The van der Waals surface area contributed by atoms with Gasteiger partial charge in [-0.2, -0.15) is 13.2 Å². The molecule has 2 heterocycles. The van der Waals surface area contributed by atoms with Crippen molar-refractivity contribution < 1.29 is 22.6 Å². The van der Waals surface area contributed by atoms with Gasteiger partial charge in [-0.15, -0.1) is 0 Å². The van der Waals surface area contributed by atoms with E-state index in [0.29, 0.717) is 11.5 Å². The first-order chi connectivity index (χ1) is 12.3. The lowest BCUT2D eigenvalue weighted by molar-refractivity contribution is -0.137. The molecule has 0 radical (unpaired) electrons. The summed E-state index contributed by atoms with van der Waals surface area (Å²) in [5, 5.41) is 0. The molecule has 1 saturated heterocycles. The van der Waals surface area contributed by atoms with E-state index in [-0.39, 0.29) is 11.6 Å². The van der Waals surface area contributed by atoms with E-state index in [1.54, 1.807) is 12.1 Å². The zero-order valence-corrected chi connectivity index (χ0v) is 14.8. The third-order valence-electron chi connectivity index (χ3n) is 4.30. The van der Waals surface area contributed by atoms with E-state index in [2.05, 4.69) is 9.88 Å². The van der Waals surface area contributed by atoms with Gasteiger partial charge in [-0.25, -0.2) is 4.98 Å². The zero-order valence-electron chi connectivity index (χ0n) is 14.8. The molecular formula is C19H21F3N2O2. The van der Waals surface area contributed by atoms with Crippen LogP contribution in [0.5, 0.6) is 17.4 Å². The van der Waals surface area contributed by atoms with Gasteiger partial charge in [0.25, 0.3) is 0 Å². The molecule has 1 fully saturated rings. The second-order valence-corrected chi connectivity index (χ2v) is 6.40. The summed E-state index contributed by atoms with van der Waals surface area (Å²) < 4.78 is 50.0. The SMILES string of the molecule is COc1ccc(CN2CCCC2)cc1Oc1cc(C(F)(F)F)cc(C)n1. The fraction of sp³-hybridized carbons (Fsp3) is 0.421. The van der Waals surface area contributed by atoms with Gasteiger partial charge in [0.15, 0.2) is 11.5 Å². The average Bonchev–Trinajstić information content (AvgIpc) is 3.07. The van der Waals surface area contributed by atoms with Crippen molar-refractivity contribution in [1.82, 2.24) is 9.88 Å². The molecule has 1 aliphatic heterocycles. The predicted octanol–water partition coefficient (Wildman–Crippen LogP) is 4.81. The number of rotatable bonds is 5. The third kappa shape index (κ3) is 4.46. The summed E-state index contributed by atoms with van der Waals surface area (Å²) >= 11 is 0. The number of aromatic nitrogens is 1. The summed E-state index contributed by atoms with van der Waals surface area (Å²) in [7, 11) is 1.49. The van der Waals surface area contributed by atoms with Crippen LogP contribution >= 0.6 is 0 Å². The Morgan fingerprint density at radius 2 is 1.81 bits per heavy atom. The number of methoxy groups -OCH3 is 1. The molecule has 7 heteroatoms. The highest BCUT2D eigenvalue weighted by molar-refractivity contribution is 5.45. The van der Waals surface area contributed by atoms with Crippen molar-refractivity contribution in [2.75, 3.05) is 20.2 Å². The Labute approximate surface area is 150 Å². The highest BCUT2D eigenvalue weighted by Crippen LogP contribution is 2.35. The number of likely N-dealkylation sites (tertiary alicyclic amines) is 1. The zero-order chi connectivity index (χ0) is 18.7. The van der Waals surface area contributed by atoms with Crippen LogP contribution in [-0.4, -0.2) is 30.1 Å². The first-order valence-electron chi connectivity index (χ1n) is 8.48. The molecule has 0 atom stereocenters. The van der Waals surface area contributed by atoms with Gasteiger partial charge in [0.1, 0.15) is 0 Å². The smallest absolute Gasteiger partial charge is 0.416 e. The molecule has 1 aromatic heterocycles. The van der Waals surface area contributed by atoms with Crippen molar-refractivity contribution in [2.45, 2.75) is 32.5 Å². The highest BCUT2D eigenvalue weighted by Gasteiger charge is 2.31. The predicted molar refractivity (Wildman–Crippen MR) is 91.6 cm³/mol. The van der Waals surface area contributed by atoms with Gasteiger partial charge in [0, 0.05) is 18.3 Å². The van der Waals surface area contributed by atoms with Crippen molar-refractivity contribution in [3.05, 3.63) is 47.2 Å². The van der Waals surface area contributed by atoms with Gasteiger partial charge >= 0.3 is 6.18 Å². The Balaban J connectivity index is 1.87. The van der Waals surface area contributed by atoms with E-state index in [4.69, 9.17) is 9.47 Å². The minimum atomic E-state index is -4.45. The van der Waals surface area contributed by atoms with Crippen LogP contribution in [0.25, 0.3) is 0 Å². The summed E-state index contributed by atoms with van der Waals surface area (Å²) in [6.07, 6.45) is -2.08. The molecule has 1 aromatic carbocycles. The van der Waals surface area contributed by atoms with Gasteiger partial charge in [0.2, 0.25) is 5.88 Å². The molecule has 0 aliphatic carbocycles. The van der Waals surface area contributed by atoms with E-state index in [0.717, 1.165) is 37.3 Å². The van der Waals surface area contributed by atoms with Crippen molar-refractivity contribution in [3.63, 3.8) is 0 Å².